The van der Waals surface area contributed by atoms with E-state index in [1.54, 1.807) is 0 Å². The van der Waals surface area contributed by atoms with E-state index in [0.717, 1.165) is 17.9 Å². The summed E-state index contributed by atoms with van der Waals surface area (Å²) >= 11 is 0. The zero-order valence-electron chi connectivity index (χ0n) is 10.8. The molecule has 1 aromatic rings. The van der Waals surface area contributed by atoms with Crippen molar-refractivity contribution in [1.29, 1.82) is 0 Å². The molecule has 1 aliphatic rings. The highest BCUT2D eigenvalue weighted by Gasteiger charge is 2.28. The Labute approximate surface area is 107 Å². The van der Waals surface area contributed by atoms with Crippen molar-refractivity contribution in [1.82, 2.24) is 5.32 Å². The van der Waals surface area contributed by atoms with Gasteiger partial charge >= 0.3 is 5.97 Å². The number of hydrogen-bond donors (Lipinski definition) is 1. The minimum atomic E-state index is -0.449. The van der Waals surface area contributed by atoms with Crippen molar-refractivity contribution in [2.75, 3.05) is 13.2 Å². The van der Waals surface area contributed by atoms with Gasteiger partial charge in [0, 0.05) is 12.5 Å². The third kappa shape index (κ3) is 3.01. The van der Waals surface area contributed by atoms with Gasteiger partial charge in [0.15, 0.2) is 6.10 Å². The van der Waals surface area contributed by atoms with Crippen LogP contribution in [0.2, 0.25) is 0 Å². The van der Waals surface area contributed by atoms with Crippen molar-refractivity contribution in [3.8, 4) is 5.75 Å². The number of carbonyl (C=O) groups excluding carboxylic acids is 1. The normalized spacial score (nSPS) is 20.6. The highest BCUT2D eigenvalue weighted by atomic mass is 16.6. The molecule has 4 heteroatoms. The van der Waals surface area contributed by atoms with Crippen LogP contribution in [0.5, 0.6) is 5.75 Å². The molecule has 2 atom stereocenters. The zero-order chi connectivity index (χ0) is 13.0. The second-order valence-corrected chi connectivity index (χ2v) is 4.41. The van der Waals surface area contributed by atoms with Crippen molar-refractivity contribution >= 4 is 5.97 Å². The van der Waals surface area contributed by atoms with E-state index in [1.807, 2.05) is 24.3 Å². The van der Waals surface area contributed by atoms with E-state index >= 15 is 0 Å². The van der Waals surface area contributed by atoms with Crippen LogP contribution in [0.15, 0.2) is 24.3 Å². The van der Waals surface area contributed by atoms with Crippen LogP contribution in [-0.2, 0) is 9.53 Å². The smallest absolute Gasteiger partial charge is 0.347 e. The molecule has 18 heavy (non-hydrogen) atoms. The maximum Gasteiger partial charge on any atom is 0.347 e. The first kappa shape index (κ1) is 12.9. The molecule has 0 spiro atoms. The van der Waals surface area contributed by atoms with E-state index in [4.69, 9.17) is 9.47 Å². The summed E-state index contributed by atoms with van der Waals surface area (Å²) in [6.45, 7) is 5.55. The summed E-state index contributed by atoms with van der Waals surface area (Å²) < 4.78 is 10.5. The summed E-state index contributed by atoms with van der Waals surface area (Å²) in [6.07, 6.45) is 0.181. The average Bonchev–Trinajstić information content (AvgIpc) is 2.76. The molecule has 98 valence electrons. The first-order valence-electron chi connectivity index (χ1n) is 6.37. The molecule has 0 aromatic heterocycles. The maximum atomic E-state index is 11.3. The lowest BCUT2D eigenvalue weighted by Gasteiger charge is -2.15. The van der Waals surface area contributed by atoms with Crippen molar-refractivity contribution in [2.45, 2.75) is 32.4 Å². The maximum absolute atomic E-state index is 11.3. The zero-order valence-corrected chi connectivity index (χ0v) is 10.8. The highest BCUT2D eigenvalue weighted by molar-refractivity contribution is 5.76. The molecule has 0 amide bonds. The van der Waals surface area contributed by atoms with Crippen molar-refractivity contribution in [3.05, 3.63) is 29.8 Å². The summed E-state index contributed by atoms with van der Waals surface area (Å²) in [6, 6.07) is 8.10. The van der Waals surface area contributed by atoms with Crippen LogP contribution in [0, 0.1) is 0 Å². The Morgan fingerprint density at radius 3 is 3.06 bits per heavy atom. The van der Waals surface area contributed by atoms with Gasteiger partial charge in [-0.15, -0.1) is 0 Å². The number of esters is 1. The number of rotatable bonds is 5. The number of hydrogen-bond acceptors (Lipinski definition) is 4. The highest BCUT2D eigenvalue weighted by Crippen LogP contribution is 2.22. The molecule has 2 unspecified atom stereocenters. The summed E-state index contributed by atoms with van der Waals surface area (Å²) in [4.78, 5) is 11.3. The van der Waals surface area contributed by atoms with Crippen LogP contribution in [0.4, 0.5) is 0 Å². The molecule has 1 heterocycles. The SMILES string of the molecule is CCNC(C)c1cccc(OC2CCOC2=O)c1. The third-order valence-electron chi connectivity index (χ3n) is 3.03. The molecule has 0 aliphatic carbocycles. The fourth-order valence-electron chi connectivity index (χ4n) is 2.03. The summed E-state index contributed by atoms with van der Waals surface area (Å²) in [5.74, 6) is 0.459. The predicted octanol–water partition coefficient (Wildman–Crippen LogP) is 2.05. The lowest BCUT2D eigenvalue weighted by atomic mass is 10.1. The van der Waals surface area contributed by atoms with Crippen molar-refractivity contribution in [2.24, 2.45) is 0 Å². The Hall–Kier alpha value is -1.55. The quantitative estimate of drug-likeness (QED) is 0.811. The number of ether oxygens (including phenoxy) is 2. The number of benzene rings is 1. The molecular weight excluding hydrogens is 230 g/mol. The molecule has 1 fully saturated rings. The average molecular weight is 249 g/mol. The van der Waals surface area contributed by atoms with Gasteiger partial charge in [-0.25, -0.2) is 4.79 Å². The lowest BCUT2D eigenvalue weighted by molar-refractivity contribution is -0.143. The van der Waals surface area contributed by atoms with Gasteiger partial charge in [-0.1, -0.05) is 19.1 Å². The standard InChI is InChI=1S/C14H19NO3/c1-3-15-10(2)11-5-4-6-12(9-11)18-13-7-8-17-14(13)16/h4-6,9-10,13,15H,3,7-8H2,1-2H3. The van der Waals surface area contributed by atoms with Crippen LogP contribution in [-0.4, -0.2) is 25.2 Å². The molecular formula is C14H19NO3. The number of cyclic esters (lactones) is 1. The first-order valence-corrected chi connectivity index (χ1v) is 6.37. The van der Waals surface area contributed by atoms with Gasteiger partial charge in [-0.2, -0.15) is 0 Å². The second kappa shape index (κ2) is 5.87. The van der Waals surface area contributed by atoms with E-state index in [9.17, 15) is 4.79 Å². The van der Waals surface area contributed by atoms with Gasteiger partial charge in [-0.3, -0.25) is 0 Å². The Bertz CT molecular complexity index is 419. The molecule has 1 aromatic carbocycles. The molecule has 4 nitrogen and oxygen atoms in total. The molecule has 1 saturated heterocycles. The third-order valence-corrected chi connectivity index (χ3v) is 3.03. The van der Waals surface area contributed by atoms with Crippen LogP contribution < -0.4 is 10.1 Å². The van der Waals surface area contributed by atoms with E-state index in [2.05, 4.69) is 19.2 Å². The van der Waals surface area contributed by atoms with Gasteiger partial charge in [-0.05, 0) is 31.2 Å². The Kier molecular flexibility index (Phi) is 4.20. The van der Waals surface area contributed by atoms with Gasteiger partial charge < -0.3 is 14.8 Å². The minimum Gasteiger partial charge on any atom is -0.479 e. The van der Waals surface area contributed by atoms with Gasteiger partial charge in [0.25, 0.3) is 0 Å². The van der Waals surface area contributed by atoms with E-state index in [1.165, 1.54) is 0 Å². The molecule has 1 N–H and O–H groups in total. The van der Waals surface area contributed by atoms with Crippen molar-refractivity contribution < 1.29 is 14.3 Å². The predicted molar refractivity (Wildman–Crippen MR) is 68.5 cm³/mol. The van der Waals surface area contributed by atoms with Gasteiger partial charge in [0.05, 0.1) is 6.61 Å². The van der Waals surface area contributed by atoms with Crippen LogP contribution >= 0.6 is 0 Å². The van der Waals surface area contributed by atoms with Crippen molar-refractivity contribution in [3.63, 3.8) is 0 Å². The minimum absolute atomic E-state index is 0.264. The second-order valence-electron chi connectivity index (χ2n) is 4.41. The van der Waals surface area contributed by atoms with Crippen LogP contribution in [0.25, 0.3) is 0 Å². The topological polar surface area (TPSA) is 47.6 Å². The van der Waals surface area contributed by atoms with Crippen LogP contribution in [0.1, 0.15) is 31.9 Å². The molecule has 0 bridgehead atoms. The monoisotopic (exact) mass is 249 g/mol. The first-order chi connectivity index (χ1) is 8.70. The summed E-state index contributed by atoms with van der Waals surface area (Å²) in [5, 5.41) is 3.34. The summed E-state index contributed by atoms with van der Waals surface area (Å²) in [7, 11) is 0. The summed E-state index contributed by atoms with van der Waals surface area (Å²) in [5.41, 5.74) is 1.15. The van der Waals surface area contributed by atoms with Crippen LogP contribution in [0.3, 0.4) is 0 Å². The molecule has 0 radical (unpaired) electrons. The van der Waals surface area contributed by atoms with E-state index < -0.39 is 6.10 Å². The Balaban J connectivity index is 2.05. The largest absolute Gasteiger partial charge is 0.479 e. The van der Waals surface area contributed by atoms with E-state index in [-0.39, 0.29) is 12.0 Å². The fourth-order valence-corrected chi connectivity index (χ4v) is 2.03. The number of carbonyl (C=O) groups is 1. The lowest BCUT2D eigenvalue weighted by Crippen LogP contribution is -2.22. The van der Waals surface area contributed by atoms with Gasteiger partial charge in [0.1, 0.15) is 5.75 Å². The fraction of sp³-hybridized carbons (Fsp3) is 0.500. The Morgan fingerprint density at radius 1 is 1.56 bits per heavy atom. The molecule has 2 rings (SSSR count). The van der Waals surface area contributed by atoms with E-state index in [0.29, 0.717) is 13.0 Å². The number of nitrogens with one attached hydrogen (secondary N) is 1. The Morgan fingerprint density at radius 2 is 2.39 bits per heavy atom. The molecule has 1 aliphatic heterocycles. The van der Waals surface area contributed by atoms with Gasteiger partial charge in [0.2, 0.25) is 0 Å². The molecule has 0 saturated carbocycles.